The lowest BCUT2D eigenvalue weighted by Gasteiger charge is -2.04. The number of hydrogen-bond donors (Lipinski definition) is 0. The zero-order valence-electron chi connectivity index (χ0n) is 8.20. The zero-order chi connectivity index (χ0) is 9.38. The zero-order valence-corrected chi connectivity index (χ0v) is 8.20. The minimum absolute atomic E-state index is 0.727. The molecule has 14 heavy (non-hydrogen) atoms. The second-order valence-corrected chi connectivity index (χ2v) is 4.12. The third kappa shape index (κ3) is 1.20. The fraction of sp³-hybridized carbons (Fsp3) is 0.385. The van der Waals surface area contributed by atoms with E-state index in [9.17, 15) is 0 Å². The van der Waals surface area contributed by atoms with Crippen LogP contribution in [0.3, 0.4) is 0 Å². The summed E-state index contributed by atoms with van der Waals surface area (Å²) in [5.74, 6) is 0.727. The standard InChI is InChI=1S/C13H14O/c1-2-4-10(5-3-1)12-7-6-11-8-14-9-13(11)12/h1-5,11H,6-9H2. The highest BCUT2D eigenvalue weighted by atomic mass is 16.5. The molecule has 72 valence electrons. The van der Waals surface area contributed by atoms with Gasteiger partial charge in [-0.2, -0.15) is 0 Å². The average Bonchev–Trinajstić information content (AvgIpc) is 2.79. The SMILES string of the molecule is c1ccc(C2=C3COCC3CC2)cc1. The minimum Gasteiger partial charge on any atom is -0.376 e. The van der Waals surface area contributed by atoms with Gasteiger partial charge in [0.2, 0.25) is 0 Å². The van der Waals surface area contributed by atoms with Crippen LogP contribution in [0.4, 0.5) is 0 Å². The molecule has 2 aliphatic rings. The molecule has 1 unspecified atom stereocenters. The predicted molar refractivity (Wildman–Crippen MR) is 56.9 cm³/mol. The summed E-state index contributed by atoms with van der Waals surface area (Å²) in [6, 6.07) is 10.7. The van der Waals surface area contributed by atoms with Crippen molar-refractivity contribution in [2.75, 3.05) is 13.2 Å². The molecule has 1 aliphatic heterocycles. The van der Waals surface area contributed by atoms with Crippen LogP contribution in [0.2, 0.25) is 0 Å². The number of rotatable bonds is 1. The van der Waals surface area contributed by atoms with Gasteiger partial charge >= 0.3 is 0 Å². The first kappa shape index (κ1) is 8.25. The molecule has 0 amide bonds. The molecule has 0 N–H and O–H groups in total. The van der Waals surface area contributed by atoms with Gasteiger partial charge in [0.05, 0.1) is 13.2 Å². The Bertz CT molecular complexity index is 364. The number of hydrogen-bond acceptors (Lipinski definition) is 1. The molecule has 0 bridgehead atoms. The molecule has 0 spiro atoms. The van der Waals surface area contributed by atoms with Gasteiger partial charge in [-0.25, -0.2) is 0 Å². The van der Waals surface area contributed by atoms with Gasteiger partial charge in [-0.3, -0.25) is 0 Å². The number of allylic oxidation sites excluding steroid dienone is 1. The van der Waals surface area contributed by atoms with E-state index >= 15 is 0 Å². The van der Waals surface area contributed by atoms with E-state index in [1.807, 2.05) is 0 Å². The van der Waals surface area contributed by atoms with Crippen LogP contribution in [-0.2, 0) is 4.74 Å². The Morgan fingerprint density at radius 3 is 2.86 bits per heavy atom. The molecule has 0 aromatic heterocycles. The summed E-state index contributed by atoms with van der Waals surface area (Å²) >= 11 is 0. The monoisotopic (exact) mass is 186 g/mol. The smallest absolute Gasteiger partial charge is 0.0686 e. The summed E-state index contributed by atoms with van der Waals surface area (Å²) in [6.07, 6.45) is 2.53. The van der Waals surface area contributed by atoms with Gasteiger partial charge in [0.1, 0.15) is 0 Å². The summed E-state index contributed by atoms with van der Waals surface area (Å²) < 4.78 is 5.51. The third-order valence-corrected chi connectivity index (χ3v) is 3.32. The lowest BCUT2D eigenvalue weighted by Crippen LogP contribution is -1.94. The molecule has 1 heteroatoms. The fourth-order valence-electron chi connectivity index (χ4n) is 2.57. The Kier molecular flexibility index (Phi) is 1.91. The van der Waals surface area contributed by atoms with E-state index < -0.39 is 0 Å². The van der Waals surface area contributed by atoms with Gasteiger partial charge in [-0.1, -0.05) is 30.3 Å². The predicted octanol–water partition coefficient (Wildman–Crippen LogP) is 2.88. The second kappa shape index (κ2) is 3.25. The fourth-order valence-corrected chi connectivity index (χ4v) is 2.57. The molecule has 1 nitrogen and oxygen atoms in total. The van der Waals surface area contributed by atoms with Gasteiger partial charge in [0, 0.05) is 5.92 Å². The van der Waals surface area contributed by atoms with Gasteiger partial charge in [0.25, 0.3) is 0 Å². The first-order chi connectivity index (χ1) is 6.95. The van der Waals surface area contributed by atoms with E-state index in [2.05, 4.69) is 30.3 Å². The summed E-state index contributed by atoms with van der Waals surface area (Å²) in [5.41, 5.74) is 4.51. The topological polar surface area (TPSA) is 9.23 Å². The average molecular weight is 186 g/mol. The molecule has 1 aromatic rings. The highest BCUT2D eigenvalue weighted by molar-refractivity contribution is 5.71. The number of benzene rings is 1. The summed E-state index contributed by atoms with van der Waals surface area (Å²) in [6.45, 7) is 1.82. The minimum atomic E-state index is 0.727. The summed E-state index contributed by atoms with van der Waals surface area (Å²) in [4.78, 5) is 0. The molecule has 1 saturated heterocycles. The maximum absolute atomic E-state index is 5.51. The lowest BCUT2D eigenvalue weighted by atomic mass is 10.0. The van der Waals surface area contributed by atoms with Crippen LogP contribution in [-0.4, -0.2) is 13.2 Å². The normalized spacial score (nSPS) is 25.6. The quantitative estimate of drug-likeness (QED) is 0.655. The molecule has 1 atom stereocenters. The van der Waals surface area contributed by atoms with Crippen molar-refractivity contribution in [3.63, 3.8) is 0 Å². The van der Waals surface area contributed by atoms with Gasteiger partial charge in [-0.15, -0.1) is 0 Å². The molecular formula is C13H14O. The maximum atomic E-state index is 5.51. The van der Waals surface area contributed by atoms with E-state index in [4.69, 9.17) is 4.74 Å². The van der Waals surface area contributed by atoms with Crippen molar-refractivity contribution < 1.29 is 4.74 Å². The van der Waals surface area contributed by atoms with Crippen LogP contribution in [0.5, 0.6) is 0 Å². The maximum Gasteiger partial charge on any atom is 0.0686 e. The van der Waals surface area contributed by atoms with E-state index in [1.54, 1.807) is 11.1 Å². The molecule has 1 fully saturated rings. The van der Waals surface area contributed by atoms with E-state index in [0.29, 0.717) is 0 Å². The molecule has 3 rings (SSSR count). The summed E-state index contributed by atoms with van der Waals surface area (Å²) in [5, 5.41) is 0. The summed E-state index contributed by atoms with van der Waals surface area (Å²) in [7, 11) is 0. The van der Waals surface area contributed by atoms with E-state index in [1.165, 1.54) is 18.4 Å². The molecule has 1 heterocycles. The van der Waals surface area contributed by atoms with Crippen LogP contribution < -0.4 is 0 Å². The Morgan fingerprint density at radius 1 is 1.14 bits per heavy atom. The second-order valence-electron chi connectivity index (χ2n) is 4.12. The van der Waals surface area contributed by atoms with Gasteiger partial charge in [0.15, 0.2) is 0 Å². The van der Waals surface area contributed by atoms with Crippen molar-refractivity contribution >= 4 is 5.57 Å². The largest absolute Gasteiger partial charge is 0.376 e. The van der Waals surface area contributed by atoms with Crippen molar-refractivity contribution in [1.82, 2.24) is 0 Å². The van der Waals surface area contributed by atoms with Crippen LogP contribution in [0.1, 0.15) is 18.4 Å². The van der Waals surface area contributed by atoms with E-state index in [-0.39, 0.29) is 0 Å². The van der Waals surface area contributed by atoms with E-state index in [0.717, 1.165) is 19.1 Å². The molecule has 1 aromatic carbocycles. The van der Waals surface area contributed by atoms with Gasteiger partial charge < -0.3 is 4.74 Å². The Morgan fingerprint density at radius 2 is 2.00 bits per heavy atom. The van der Waals surface area contributed by atoms with Crippen molar-refractivity contribution in [3.05, 3.63) is 41.5 Å². The van der Waals surface area contributed by atoms with Crippen molar-refractivity contribution in [2.24, 2.45) is 5.92 Å². The first-order valence-corrected chi connectivity index (χ1v) is 5.30. The van der Waals surface area contributed by atoms with Crippen LogP contribution in [0.25, 0.3) is 5.57 Å². The van der Waals surface area contributed by atoms with Crippen LogP contribution in [0, 0.1) is 5.92 Å². The molecular weight excluding hydrogens is 172 g/mol. The Balaban J connectivity index is 2.03. The third-order valence-electron chi connectivity index (χ3n) is 3.32. The Labute approximate surface area is 84.4 Å². The molecule has 0 saturated carbocycles. The van der Waals surface area contributed by atoms with Gasteiger partial charge in [-0.05, 0) is 29.6 Å². The highest BCUT2D eigenvalue weighted by Gasteiger charge is 2.30. The number of fused-ring (bicyclic) bond motifs is 1. The Hall–Kier alpha value is -1.08. The molecule has 1 aliphatic carbocycles. The molecule has 0 radical (unpaired) electrons. The van der Waals surface area contributed by atoms with Crippen LogP contribution in [0.15, 0.2) is 35.9 Å². The van der Waals surface area contributed by atoms with Crippen molar-refractivity contribution in [1.29, 1.82) is 0 Å². The lowest BCUT2D eigenvalue weighted by molar-refractivity contribution is 0.186. The van der Waals surface area contributed by atoms with Crippen molar-refractivity contribution in [2.45, 2.75) is 12.8 Å². The van der Waals surface area contributed by atoms with Crippen LogP contribution >= 0.6 is 0 Å². The highest BCUT2D eigenvalue weighted by Crippen LogP contribution is 2.41. The number of ether oxygens (including phenoxy) is 1. The van der Waals surface area contributed by atoms with Crippen molar-refractivity contribution in [3.8, 4) is 0 Å². The first-order valence-electron chi connectivity index (χ1n) is 5.30.